The van der Waals surface area contributed by atoms with Gasteiger partial charge >= 0.3 is 0 Å². The van der Waals surface area contributed by atoms with E-state index in [2.05, 4.69) is 28.0 Å². The van der Waals surface area contributed by atoms with Crippen LogP contribution in [0.15, 0.2) is 40.9 Å². The van der Waals surface area contributed by atoms with Crippen molar-refractivity contribution in [3.05, 3.63) is 57.8 Å². The largest absolute Gasteiger partial charge is 0.482 e. The molecule has 142 valence electrons. The highest BCUT2D eigenvalue weighted by Crippen LogP contribution is 2.33. The van der Waals surface area contributed by atoms with Gasteiger partial charge in [-0.1, -0.05) is 50.1 Å². The molecule has 0 saturated carbocycles. The van der Waals surface area contributed by atoms with Crippen molar-refractivity contribution in [1.29, 1.82) is 0 Å². The molecule has 0 fully saturated rings. The van der Waals surface area contributed by atoms with Crippen molar-refractivity contribution in [3.8, 4) is 5.75 Å². The van der Waals surface area contributed by atoms with E-state index in [9.17, 15) is 4.79 Å². The summed E-state index contributed by atoms with van der Waals surface area (Å²) in [7, 11) is 0. The molecule has 0 atom stereocenters. The number of nitrogens with zero attached hydrogens (tertiary/aromatic N) is 2. The highest BCUT2D eigenvalue weighted by Gasteiger charge is 2.17. The minimum Gasteiger partial charge on any atom is -0.482 e. The predicted octanol–water partition coefficient (Wildman–Crippen LogP) is 5.87. The van der Waals surface area contributed by atoms with Crippen LogP contribution < -0.4 is 4.74 Å². The number of carbonyl (C=O) groups excluding carboxylic acids is 1. The van der Waals surface area contributed by atoms with Gasteiger partial charge in [0.2, 0.25) is 0 Å². The monoisotopic (exact) mass is 428 g/mol. The van der Waals surface area contributed by atoms with Crippen LogP contribution in [-0.2, 0) is 6.42 Å². The summed E-state index contributed by atoms with van der Waals surface area (Å²) in [6, 6.07) is 11.9. The molecule has 0 bridgehead atoms. The van der Waals surface area contributed by atoms with Crippen LogP contribution in [0.5, 0.6) is 5.75 Å². The smallest absolute Gasteiger partial charge is 0.284 e. The van der Waals surface area contributed by atoms with Crippen LogP contribution in [-0.4, -0.2) is 22.3 Å². The molecule has 4 nitrogen and oxygen atoms in total. The van der Waals surface area contributed by atoms with Gasteiger partial charge in [0, 0.05) is 5.69 Å². The van der Waals surface area contributed by atoms with Gasteiger partial charge in [-0.3, -0.25) is 4.79 Å². The summed E-state index contributed by atoms with van der Waals surface area (Å²) in [4.78, 5) is 12.7. The molecule has 3 rings (SSSR count). The Labute approximate surface area is 168 Å². The Morgan fingerprint density at radius 1 is 1.15 bits per heavy atom. The van der Waals surface area contributed by atoms with E-state index in [0.29, 0.717) is 5.75 Å². The lowest BCUT2D eigenvalue weighted by Gasteiger charge is -2.10. The summed E-state index contributed by atoms with van der Waals surface area (Å²) in [6.07, 6.45) is 4.46. The first-order valence-electron chi connectivity index (χ1n) is 9.41. The van der Waals surface area contributed by atoms with Crippen LogP contribution in [0.4, 0.5) is 0 Å². The van der Waals surface area contributed by atoms with Crippen molar-refractivity contribution >= 4 is 32.6 Å². The van der Waals surface area contributed by atoms with Crippen molar-refractivity contribution in [3.63, 3.8) is 0 Å². The van der Waals surface area contributed by atoms with E-state index in [1.807, 2.05) is 50.2 Å². The number of hydrogen-bond donors (Lipinski definition) is 0. The van der Waals surface area contributed by atoms with E-state index in [4.69, 9.17) is 4.74 Å². The summed E-state index contributed by atoms with van der Waals surface area (Å²) >= 11 is 3.59. The van der Waals surface area contributed by atoms with Crippen LogP contribution >= 0.6 is 15.9 Å². The van der Waals surface area contributed by atoms with Crippen molar-refractivity contribution in [2.45, 2.75) is 46.5 Å². The molecule has 1 heterocycles. The number of unbranched alkanes of at least 4 members (excludes halogenated alkanes) is 2. The number of aryl methyl sites for hydroxylation is 1. The highest BCUT2D eigenvalue weighted by molar-refractivity contribution is 9.10. The Morgan fingerprint density at radius 2 is 1.93 bits per heavy atom. The molecule has 0 unspecified atom stereocenters. The van der Waals surface area contributed by atoms with Crippen LogP contribution in [0.2, 0.25) is 0 Å². The Kier molecular flexibility index (Phi) is 6.32. The van der Waals surface area contributed by atoms with Crippen LogP contribution in [0.3, 0.4) is 0 Å². The molecule has 0 aliphatic carbocycles. The standard InChI is InChI=1S/C22H25BrN2O2/c1-4-5-6-10-18-15(2)24-25(16(18)3)21(26)14-27-20-13-12-17-9-7-8-11-19(17)22(20)23/h7-9,11-13H,4-6,10,14H2,1-3H3. The number of rotatable bonds is 7. The van der Waals surface area contributed by atoms with Crippen molar-refractivity contribution in [2.75, 3.05) is 6.61 Å². The Morgan fingerprint density at radius 3 is 2.70 bits per heavy atom. The van der Waals surface area contributed by atoms with Gasteiger partial charge in [0.15, 0.2) is 6.61 Å². The number of carbonyl (C=O) groups is 1. The normalized spacial score (nSPS) is 11.1. The van der Waals surface area contributed by atoms with Gasteiger partial charge in [-0.25, -0.2) is 4.68 Å². The number of halogens is 1. The van der Waals surface area contributed by atoms with Crippen molar-refractivity contribution in [1.82, 2.24) is 9.78 Å². The fraction of sp³-hybridized carbons (Fsp3) is 0.364. The lowest BCUT2D eigenvalue weighted by Crippen LogP contribution is -2.22. The Balaban J connectivity index is 1.73. The van der Waals surface area contributed by atoms with Crippen LogP contribution in [0.1, 0.15) is 47.9 Å². The van der Waals surface area contributed by atoms with Crippen LogP contribution in [0, 0.1) is 13.8 Å². The average molecular weight is 429 g/mol. The zero-order valence-corrected chi connectivity index (χ0v) is 17.7. The topological polar surface area (TPSA) is 44.1 Å². The van der Waals surface area contributed by atoms with E-state index in [-0.39, 0.29) is 12.5 Å². The lowest BCUT2D eigenvalue weighted by atomic mass is 10.1. The first kappa shape index (κ1) is 19.6. The van der Waals surface area contributed by atoms with Gasteiger partial charge in [-0.05, 0) is 65.0 Å². The fourth-order valence-corrected chi connectivity index (χ4v) is 3.96. The molecule has 0 aliphatic heterocycles. The van der Waals surface area contributed by atoms with E-state index < -0.39 is 0 Å². The molecule has 0 aliphatic rings. The van der Waals surface area contributed by atoms with Gasteiger partial charge in [-0.15, -0.1) is 0 Å². The zero-order valence-electron chi connectivity index (χ0n) is 16.1. The Bertz CT molecular complexity index is 962. The van der Waals surface area contributed by atoms with E-state index in [1.165, 1.54) is 23.1 Å². The number of fused-ring (bicyclic) bond motifs is 1. The predicted molar refractivity (Wildman–Crippen MR) is 113 cm³/mol. The number of hydrogen-bond acceptors (Lipinski definition) is 3. The van der Waals surface area contributed by atoms with E-state index in [1.54, 1.807) is 0 Å². The fourth-order valence-electron chi connectivity index (χ4n) is 3.36. The number of ether oxygens (including phenoxy) is 1. The third-order valence-electron chi connectivity index (χ3n) is 4.89. The molecule has 1 aromatic heterocycles. The molecule has 5 heteroatoms. The molecular weight excluding hydrogens is 404 g/mol. The zero-order chi connectivity index (χ0) is 19.4. The third-order valence-corrected chi connectivity index (χ3v) is 5.70. The Hall–Kier alpha value is -2.14. The molecule has 0 amide bonds. The SMILES string of the molecule is CCCCCc1c(C)nn(C(=O)COc2ccc3ccccc3c2Br)c1C. The van der Waals surface area contributed by atoms with Gasteiger partial charge in [-0.2, -0.15) is 5.10 Å². The molecular formula is C22H25BrN2O2. The average Bonchev–Trinajstić information content (AvgIpc) is 2.96. The third kappa shape index (κ3) is 4.24. The number of benzene rings is 2. The van der Waals surface area contributed by atoms with E-state index in [0.717, 1.165) is 39.5 Å². The summed E-state index contributed by atoms with van der Waals surface area (Å²) in [5.41, 5.74) is 3.04. The molecule has 0 saturated heterocycles. The second-order valence-electron chi connectivity index (χ2n) is 6.80. The van der Waals surface area contributed by atoms with Gasteiger partial charge in [0.25, 0.3) is 5.91 Å². The molecule has 3 aromatic rings. The second kappa shape index (κ2) is 8.70. The molecule has 2 aromatic carbocycles. The number of aromatic nitrogens is 2. The summed E-state index contributed by atoms with van der Waals surface area (Å²) in [5, 5.41) is 6.63. The minimum absolute atomic E-state index is 0.0483. The highest BCUT2D eigenvalue weighted by atomic mass is 79.9. The van der Waals surface area contributed by atoms with Gasteiger partial charge in [0.05, 0.1) is 10.2 Å². The molecule has 27 heavy (non-hydrogen) atoms. The molecule has 0 radical (unpaired) electrons. The molecule has 0 spiro atoms. The maximum absolute atomic E-state index is 12.7. The maximum atomic E-state index is 12.7. The van der Waals surface area contributed by atoms with Gasteiger partial charge in [0.1, 0.15) is 5.75 Å². The molecule has 0 N–H and O–H groups in total. The maximum Gasteiger partial charge on any atom is 0.284 e. The van der Waals surface area contributed by atoms with Crippen molar-refractivity contribution < 1.29 is 9.53 Å². The summed E-state index contributed by atoms with van der Waals surface area (Å²) in [5.74, 6) is 0.504. The van der Waals surface area contributed by atoms with Crippen LogP contribution in [0.25, 0.3) is 10.8 Å². The second-order valence-corrected chi connectivity index (χ2v) is 7.59. The van der Waals surface area contributed by atoms with Gasteiger partial charge < -0.3 is 4.74 Å². The van der Waals surface area contributed by atoms with E-state index >= 15 is 0 Å². The lowest BCUT2D eigenvalue weighted by molar-refractivity contribution is 0.0817. The summed E-state index contributed by atoms with van der Waals surface area (Å²) < 4.78 is 8.16. The first-order chi connectivity index (χ1) is 13.0. The summed E-state index contributed by atoms with van der Waals surface area (Å²) in [6.45, 7) is 6.08. The first-order valence-corrected chi connectivity index (χ1v) is 10.2. The van der Waals surface area contributed by atoms with Crippen molar-refractivity contribution in [2.24, 2.45) is 0 Å². The quantitative estimate of drug-likeness (QED) is 0.442. The minimum atomic E-state index is -0.155.